The van der Waals surface area contributed by atoms with Gasteiger partial charge < -0.3 is 26.4 Å². The summed E-state index contributed by atoms with van der Waals surface area (Å²) in [6.45, 7) is 0. The third kappa shape index (κ3) is 8.26. The van der Waals surface area contributed by atoms with Gasteiger partial charge in [-0.25, -0.2) is 9.59 Å². The number of methoxy groups -OCH3 is 1. The molecule has 0 radical (unpaired) electrons. The number of esters is 1. The van der Waals surface area contributed by atoms with Crippen molar-refractivity contribution in [1.29, 1.82) is 0 Å². The predicted molar refractivity (Wildman–Crippen MR) is 105 cm³/mol. The molecule has 0 aromatic heterocycles. The highest BCUT2D eigenvalue weighted by atomic mass is 35.5. The van der Waals surface area contributed by atoms with Crippen molar-refractivity contribution in [2.24, 2.45) is 0 Å². The number of carboxylic acid groups (broad SMARTS) is 1. The van der Waals surface area contributed by atoms with Crippen molar-refractivity contribution in [3.63, 3.8) is 0 Å². The highest BCUT2D eigenvalue weighted by molar-refractivity contribution is 6.31. The van der Waals surface area contributed by atoms with Gasteiger partial charge in [-0.1, -0.05) is 23.2 Å². The van der Waals surface area contributed by atoms with E-state index in [-0.39, 0.29) is 23.7 Å². The van der Waals surface area contributed by atoms with Crippen LogP contribution < -0.4 is 11.5 Å². The molecule has 0 fully saturated rings. The topological polar surface area (TPSA) is 136 Å². The molecule has 0 aliphatic heterocycles. The summed E-state index contributed by atoms with van der Waals surface area (Å²) in [5.74, 6) is -1.50. The molecule has 144 valence electrons. The number of anilines is 2. The van der Waals surface area contributed by atoms with E-state index in [1.165, 1.54) is 37.4 Å². The number of aliphatic hydroxyl groups is 1. The predicted octanol–water partition coefficient (Wildman–Crippen LogP) is 3.36. The number of benzene rings is 2. The number of rotatable bonds is 2. The summed E-state index contributed by atoms with van der Waals surface area (Å²) < 4.78 is 4.49. The number of carbonyl (C=O) groups is 2. The molecule has 0 atom stereocenters. The normalized spacial score (nSPS) is 8.65. The summed E-state index contributed by atoms with van der Waals surface area (Å²) in [5, 5.41) is 16.5. The van der Waals surface area contributed by atoms with Crippen LogP contribution in [0, 0.1) is 0 Å². The Morgan fingerprint density at radius 1 is 0.923 bits per heavy atom. The molecular weight excluding hydrogens is 407 g/mol. The van der Waals surface area contributed by atoms with Gasteiger partial charge >= 0.3 is 11.9 Å². The van der Waals surface area contributed by atoms with Gasteiger partial charge in [0.25, 0.3) is 0 Å². The summed E-state index contributed by atoms with van der Waals surface area (Å²) >= 11 is 11.2. The van der Waals surface area contributed by atoms with Gasteiger partial charge in [0, 0.05) is 28.5 Å². The maximum absolute atomic E-state index is 11.0. The number of carbonyl (C=O) groups excluding carboxylic acids is 1. The van der Waals surface area contributed by atoms with Crippen LogP contribution in [0.25, 0.3) is 0 Å². The Kier molecular flexibility index (Phi) is 13.1. The third-order valence-electron chi connectivity index (χ3n) is 2.66. The number of halogens is 3. The van der Waals surface area contributed by atoms with E-state index in [1.807, 2.05) is 0 Å². The number of hydrogen-bond acceptors (Lipinski definition) is 6. The van der Waals surface area contributed by atoms with Crippen LogP contribution in [-0.4, -0.2) is 36.4 Å². The van der Waals surface area contributed by atoms with Gasteiger partial charge in [0.05, 0.1) is 18.2 Å². The van der Waals surface area contributed by atoms with Gasteiger partial charge in [-0.2, -0.15) is 0 Å². The molecule has 2 aromatic rings. The van der Waals surface area contributed by atoms with Crippen LogP contribution in [0.4, 0.5) is 11.4 Å². The van der Waals surface area contributed by atoms with Gasteiger partial charge in [-0.3, -0.25) is 0 Å². The lowest BCUT2D eigenvalue weighted by Crippen LogP contribution is -2.04. The van der Waals surface area contributed by atoms with Crippen molar-refractivity contribution in [3.05, 3.63) is 57.6 Å². The Balaban J connectivity index is 0. The van der Waals surface area contributed by atoms with Crippen LogP contribution in [0.3, 0.4) is 0 Å². The van der Waals surface area contributed by atoms with E-state index in [0.29, 0.717) is 21.3 Å². The van der Waals surface area contributed by atoms with Crippen molar-refractivity contribution in [2.45, 2.75) is 0 Å². The van der Waals surface area contributed by atoms with Crippen molar-refractivity contribution in [2.75, 3.05) is 25.7 Å². The lowest BCUT2D eigenvalue weighted by molar-refractivity contribution is 0.0601. The summed E-state index contributed by atoms with van der Waals surface area (Å²) in [4.78, 5) is 21.4. The Hall–Kier alpha value is -2.19. The van der Waals surface area contributed by atoms with Gasteiger partial charge in [0.2, 0.25) is 0 Å². The van der Waals surface area contributed by atoms with Gasteiger partial charge in [-0.05, 0) is 36.4 Å². The van der Waals surface area contributed by atoms with E-state index in [9.17, 15) is 9.59 Å². The molecule has 2 aromatic carbocycles. The lowest BCUT2D eigenvalue weighted by atomic mass is 10.2. The minimum absolute atomic E-state index is 0. The molecule has 6 N–H and O–H groups in total. The van der Waals surface area contributed by atoms with Crippen molar-refractivity contribution >= 4 is 58.9 Å². The second-order valence-electron chi connectivity index (χ2n) is 4.26. The Morgan fingerprint density at radius 2 is 1.31 bits per heavy atom. The molecule has 0 saturated carbocycles. The molecule has 7 nitrogen and oxygen atoms in total. The Labute approximate surface area is 166 Å². The fourth-order valence-electron chi connectivity index (χ4n) is 1.56. The second-order valence-corrected chi connectivity index (χ2v) is 5.13. The first-order chi connectivity index (χ1) is 11.8. The summed E-state index contributed by atoms with van der Waals surface area (Å²) in [7, 11) is 2.30. The average molecular weight is 426 g/mol. The van der Waals surface area contributed by atoms with Crippen molar-refractivity contribution in [1.82, 2.24) is 0 Å². The van der Waals surface area contributed by atoms with E-state index >= 15 is 0 Å². The third-order valence-corrected chi connectivity index (χ3v) is 3.13. The highest BCUT2D eigenvalue weighted by Crippen LogP contribution is 2.18. The van der Waals surface area contributed by atoms with E-state index in [4.69, 9.17) is 44.9 Å². The summed E-state index contributed by atoms with van der Waals surface area (Å²) in [6, 6.07) is 8.90. The van der Waals surface area contributed by atoms with Crippen molar-refractivity contribution in [3.8, 4) is 0 Å². The molecule has 0 saturated heterocycles. The fourth-order valence-corrected chi connectivity index (χ4v) is 1.92. The molecule has 0 aliphatic carbocycles. The summed E-state index contributed by atoms with van der Waals surface area (Å²) in [6.07, 6.45) is 0. The number of aromatic carboxylic acids is 1. The van der Waals surface area contributed by atoms with Crippen LogP contribution in [0.5, 0.6) is 0 Å². The van der Waals surface area contributed by atoms with E-state index < -0.39 is 11.9 Å². The Bertz CT molecular complexity index is 742. The molecule has 0 amide bonds. The quantitative estimate of drug-likeness (QED) is 0.428. The maximum Gasteiger partial charge on any atom is 0.339 e. The number of hydrogen-bond donors (Lipinski definition) is 4. The Morgan fingerprint density at radius 3 is 1.62 bits per heavy atom. The van der Waals surface area contributed by atoms with Gasteiger partial charge in [0.15, 0.2) is 0 Å². The number of nitrogens with two attached hydrogens (primary N) is 2. The van der Waals surface area contributed by atoms with Gasteiger partial charge in [0.1, 0.15) is 0 Å². The van der Waals surface area contributed by atoms with Crippen LogP contribution >= 0.6 is 35.6 Å². The first kappa shape index (κ1) is 26.0. The smallest absolute Gasteiger partial charge is 0.339 e. The number of ether oxygens (including phenoxy) is 1. The van der Waals surface area contributed by atoms with E-state index in [2.05, 4.69) is 4.74 Å². The maximum atomic E-state index is 11.0. The fraction of sp³-hybridized carbons (Fsp3) is 0.125. The zero-order chi connectivity index (χ0) is 19.6. The minimum Gasteiger partial charge on any atom is -0.478 e. The first-order valence-corrected chi connectivity index (χ1v) is 7.38. The SMILES string of the molecule is CO.COC(=O)c1ccc(Cl)cc1N.Cl.Nc1cc(Cl)ccc1C(=O)O. The minimum atomic E-state index is -1.04. The molecule has 10 heteroatoms. The second kappa shape index (κ2) is 13.1. The number of aliphatic hydroxyl groups excluding tert-OH is 1. The molecule has 2 rings (SSSR count). The molecule has 0 unspecified atom stereocenters. The van der Waals surface area contributed by atoms with Gasteiger partial charge in [-0.15, -0.1) is 12.4 Å². The first-order valence-electron chi connectivity index (χ1n) is 6.62. The standard InChI is InChI=1S/C8H8ClNO2.C7H6ClNO2.CH4O.ClH/c1-12-8(11)6-3-2-5(9)4-7(6)10;8-4-1-2-5(7(10)11)6(9)3-4;1-2;/h2-4H,10H2,1H3;1-3H,9H2,(H,10,11);2H,1H3;1H. The molecule has 0 aliphatic rings. The molecular formula is C16H19Cl3N2O5. The molecule has 26 heavy (non-hydrogen) atoms. The summed E-state index contributed by atoms with van der Waals surface area (Å²) in [5.41, 5.74) is 11.8. The van der Waals surface area contributed by atoms with Crippen LogP contribution in [0.1, 0.15) is 20.7 Å². The zero-order valence-electron chi connectivity index (χ0n) is 13.9. The zero-order valence-corrected chi connectivity index (χ0v) is 16.2. The van der Waals surface area contributed by atoms with E-state index in [1.54, 1.807) is 6.07 Å². The largest absolute Gasteiger partial charge is 0.478 e. The monoisotopic (exact) mass is 424 g/mol. The highest BCUT2D eigenvalue weighted by Gasteiger charge is 2.09. The lowest BCUT2D eigenvalue weighted by Gasteiger charge is -2.02. The van der Waals surface area contributed by atoms with Crippen molar-refractivity contribution < 1.29 is 24.5 Å². The van der Waals surface area contributed by atoms with Crippen LogP contribution in [-0.2, 0) is 4.74 Å². The van der Waals surface area contributed by atoms with Crippen LogP contribution in [0.15, 0.2) is 36.4 Å². The number of nitrogen functional groups attached to an aromatic ring is 2. The molecule has 0 bridgehead atoms. The molecule has 0 spiro atoms. The van der Waals surface area contributed by atoms with Crippen LogP contribution in [0.2, 0.25) is 10.0 Å². The number of carboxylic acids is 1. The molecule has 0 heterocycles. The average Bonchev–Trinajstić information content (AvgIpc) is 2.56. The van der Waals surface area contributed by atoms with E-state index in [0.717, 1.165) is 7.11 Å².